The van der Waals surface area contributed by atoms with Crippen molar-refractivity contribution < 1.29 is 9.13 Å². The molecule has 1 aromatic carbocycles. The number of ether oxygens (including phenoxy) is 1. The molecule has 2 rings (SSSR count). The molecule has 144 valence electrons. The highest BCUT2D eigenvalue weighted by atomic mass is 127. The second-order valence-electron chi connectivity index (χ2n) is 6.01. The summed E-state index contributed by atoms with van der Waals surface area (Å²) in [6.45, 7) is 7.35. The number of nitrogens with one attached hydrogen (secondary N) is 2. The van der Waals surface area contributed by atoms with Crippen LogP contribution in [0.3, 0.4) is 0 Å². The number of aliphatic imine (C=N–C) groups is 1. The number of thiazole rings is 1. The topological polar surface area (TPSA) is 58.5 Å². The number of nitrogens with zero attached hydrogens (tertiary/aromatic N) is 2. The lowest BCUT2D eigenvalue weighted by molar-refractivity contribution is 0.223. The second-order valence-corrected chi connectivity index (χ2v) is 6.96. The van der Waals surface area contributed by atoms with E-state index in [0.717, 1.165) is 10.7 Å². The highest BCUT2D eigenvalue weighted by Gasteiger charge is 2.08. The molecule has 26 heavy (non-hydrogen) atoms. The highest BCUT2D eigenvalue weighted by Crippen LogP contribution is 2.17. The van der Waals surface area contributed by atoms with Crippen molar-refractivity contribution in [2.24, 2.45) is 4.99 Å². The summed E-state index contributed by atoms with van der Waals surface area (Å²) in [6, 6.07) is 6.13. The molecule has 1 atom stereocenters. The van der Waals surface area contributed by atoms with Gasteiger partial charge in [-0.25, -0.2) is 9.37 Å². The Balaban J connectivity index is 0.00000338. The standard InChI is InChI=1S/C18H25FN4OS.HI/c1-12(2)16-11-25-17(23-16)10-22-18(20-4)21-9-13(3)24-15-7-5-6-14(19)8-15;/h5-8,11-13H,9-10H2,1-4H3,(H2,20,21,22);1H. The molecule has 2 N–H and O–H groups in total. The smallest absolute Gasteiger partial charge is 0.191 e. The molecule has 0 aliphatic heterocycles. The maximum absolute atomic E-state index is 13.2. The first-order valence-corrected chi connectivity index (χ1v) is 9.17. The van der Waals surface area contributed by atoms with Gasteiger partial charge in [0.1, 0.15) is 22.7 Å². The van der Waals surface area contributed by atoms with E-state index >= 15 is 0 Å². The zero-order valence-corrected chi connectivity index (χ0v) is 18.6. The van der Waals surface area contributed by atoms with Crippen LogP contribution in [0, 0.1) is 5.82 Å². The molecular weight excluding hydrogens is 466 g/mol. The van der Waals surface area contributed by atoms with Gasteiger partial charge in [-0.05, 0) is 25.0 Å². The molecule has 1 unspecified atom stereocenters. The summed E-state index contributed by atoms with van der Waals surface area (Å²) in [7, 11) is 1.72. The van der Waals surface area contributed by atoms with Gasteiger partial charge in [-0.1, -0.05) is 19.9 Å². The van der Waals surface area contributed by atoms with E-state index in [2.05, 4.69) is 39.8 Å². The molecule has 0 aliphatic rings. The van der Waals surface area contributed by atoms with Crippen LogP contribution in [-0.2, 0) is 6.54 Å². The Kier molecular flexibility index (Phi) is 9.85. The SMILES string of the molecule is CN=C(NCc1nc(C(C)C)cs1)NCC(C)Oc1cccc(F)c1.I. The molecule has 0 aliphatic carbocycles. The van der Waals surface area contributed by atoms with Crippen molar-refractivity contribution in [3.8, 4) is 5.75 Å². The summed E-state index contributed by atoms with van der Waals surface area (Å²) in [5, 5.41) is 9.55. The third kappa shape index (κ3) is 7.45. The minimum Gasteiger partial charge on any atom is -0.489 e. The van der Waals surface area contributed by atoms with Gasteiger partial charge in [0.2, 0.25) is 0 Å². The molecule has 0 fully saturated rings. The molecule has 0 saturated carbocycles. The van der Waals surface area contributed by atoms with E-state index < -0.39 is 0 Å². The van der Waals surface area contributed by atoms with Gasteiger partial charge in [0, 0.05) is 18.5 Å². The quantitative estimate of drug-likeness (QED) is 0.347. The van der Waals surface area contributed by atoms with Crippen LogP contribution in [-0.4, -0.2) is 30.6 Å². The number of hydrogen-bond acceptors (Lipinski definition) is 4. The molecule has 1 heterocycles. The molecule has 0 bridgehead atoms. The average Bonchev–Trinajstić information content (AvgIpc) is 3.04. The van der Waals surface area contributed by atoms with Gasteiger partial charge in [0.05, 0.1) is 18.8 Å². The molecule has 1 aromatic heterocycles. The second kappa shape index (κ2) is 11.3. The number of halogens is 2. The van der Waals surface area contributed by atoms with Gasteiger partial charge in [-0.2, -0.15) is 0 Å². The van der Waals surface area contributed by atoms with Gasteiger partial charge in [-0.15, -0.1) is 35.3 Å². The number of benzene rings is 1. The summed E-state index contributed by atoms with van der Waals surface area (Å²) < 4.78 is 18.9. The van der Waals surface area contributed by atoms with Crippen molar-refractivity contribution >= 4 is 41.3 Å². The lowest BCUT2D eigenvalue weighted by atomic mass is 10.2. The highest BCUT2D eigenvalue weighted by molar-refractivity contribution is 14.0. The number of guanidine groups is 1. The Hall–Kier alpha value is -1.42. The van der Waals surface area contributed by atoms with E-state index in [1.54, 1.807) is 30.5 Å². The predicted octanol–water partition coefficient (Wildman–Crippen LogP) is 4.16. The lowest BCUT2D eigenvalue weighted by Gasteiger charge is -2.17. The summed E-state index contributed by atoms with van der Waals surface area (Å²) in [6.07, 6.45) is -0.132. The Morgan fingerprint density at radius 2 is 2.08 bits per heavy atom. The van der Waals surface area contributed by atoms with Crippen LogP contribution >= 0.6 is 35.3 Å². The third-order valence-corrected chi connectivity index (χ3v) is 4.35. The van der Waals surface area contributed by atoms with Gasteiger partial charge in [-0.3, -0.25) is 4.99 Å². The maximum atomic E-state index is 13.2. The zero-order valence-electron chi connectivity index (χ0n) is 15.5. The molecule has 0 amide bonds. The van der Waals surface area contributed by atoms with Crippen LogP contribution in [0.2, 0.25) is 0 Å². The van der Waals surface area contributed by atoms with Gasteiger partial charge < -0.3 is 15.4 Å². The molecule has 0 radical (unpaired) electrons. The van der Waals surface area contributed by atoms with Crippen molar-refractivity contribution in [2.75, 3.05) is 13.6 Å². The number of rotatable bonds is 7. The number of aromatic nitrogens is 1. The summed E-state index contributed by atoms with van der Waals surface area (Å²) >= 11 is 1.64. The Bertz CT molecular complexity index is 708. The number of hydrogen-bond donors (Lipinski definition) is 2. The average molecular weight is 492 g/mol. The fraction of sp³-hybridized carbons (Fsp3) is 0.444. The maximum Gasteiger partial charge on any atom is 0.191 e. The zero-order chi connectivity index (χ0) is 18.2. The van der Waals surface area contributed by atoms with Crippen molar-refractivity contribution in [2.45, 2.75) is 39.3 Å². The van der Waals surface area contributed by atoms with E-state index in [4.69, 9.17) is 4.74 Å². The summed E-state index contributed by atoms with van der Waals surface area (Å²) in [4.78, 5) is 8.78. The largest absolute Gasteiger partial charge is 0.489 e. The third-order valence-electron chi connectivity index (χ3n) is 3.48. The molecule has 0 spiro atoms. The Morgan fingerprint density at radius 1 is 1.31 bits per heavy atom. The van der Waals surface area contributed by atoms with Crippen molar-refractivity contribution in [1.82, 2.24) is 15.6 Å². The van der Waals surface area contributed by atoms with Crippen molar-refractivity contribution in [3.05, 3.63) is 46.2 Å². The van der Waals surface area contributed by atoms with E-state index in [-0.39, 0.29) is 35.9 Å². The first kappa shape index (κ1) is 22.6. The van der Waals surface area contributed by atoms with E-state index in [1.165, 1.54) is 12.1 Å². The van der Waals surface area contributed by atoms with Gasteiger partial charge >= 0.3 is 0 Å². The summed E-state index contributed by atoms with van der Waals surface area (Å²) in [5.41, 5.74) is 1.11. The van der Waals surface area contributed by atoms with Gasteiger partial charge in [0.25, 0.3) is 0 Å². The molecule has 5 nitrogen and oxygen atoms in total. The van der Waals surface area contributed by atoms with Crippen LogP contribution in [0.5, 0.6) is 5.75 Å². The van der Waals surface area contributed by atoms with Crippen molar-refractivity contribution in [3.63, 3.8) is 0 Å². The van der Waals surface area contributed by atoms with Crippen LogP contribution in [0.25, 0.3) is 0 Å². The minimum atomic E-state index is -0.306. The molecule has 0 saturated heterocycles. The summed E-state index contributed by atoms with van der Waals surface area (Å²) in [5.74, 6) is 1.32. The van der Waals surface area contributed by atoms with E-state index in [0.29, 0.717) is 30.7 Å². The fourth-order valence-corrected chi connectivity index (χ4v) is 3.00. The minimum absolute atomic E-state index is 0. The fourth-order valence-electron chi connectivity index (χ4n) is 2.11. The Labute approximate surface area is 175 Å². The first-order chi connectivity index (χ1) is 12.0. The van der Waals surface area contributed by atoms with E-state index in [9.17, 15) is 4.39 Å². The first-order valence-electron chi connectivity index (χ1n) is 8.29. The molecular formula is C18H26FIN4OS. The lowest BCUT2D eigenvalue weighted by Crippen LogP contribution is -2.41. The molecule has 2 aromatic rings. The Morgan fingerprint density at radius 3 is 2.69 bits per heavy atom. The van der Waals surface area contributed by atoms with Gasteiger partial charge in [0.15, 0.2) is 5.96 Å². The van der Waals surface area contributed by atoms with Crippen LogP contribution < -0.4 is 15.4 Å². The van der Waals surface area contributed by atoms with Crippen LogP contribution in [0.1, 0.15) is 37.4 Å². The monoisotopic (exact) mass is 492 g/mol. The van der Waals surface area contributed by atoms with E-state index in [1.807, 2.05) is 6.92 Å². The van der Waals surface area contributed by atoms with Crippen molar-refractivity contribution in [1.29, 1.82) is 0 Å². The molecule has 8 heteroatoms. The van der Waals surface area contributed by atoms with Crippen LogP contribution in [0.15, 0.2) is 34.6 Å². The normalized spacial score (nSPS) is 12.5. The van der Waals surface area contributed by atoms with Crippen LogP contribution in [0.4, 0.5) is 4.39 Å². The predicted molar refractivity (Wildman–Crippen MR) is 116 cm³/mol.